The molecule has 0 aliphatic heterocycles. The van der Waals surface area contributed by atoms with Gasteiger partial charge in [-0.05, 0) is 6.42 Å². The summed E-state index contributed by atoms with van der Waals surface area (Å²) in [6.07, 6.45) is 0.826. The topological polar surface area (TPSA) is 49.3 Å². The van der Waals surface area contributed by atoms with Crippen molar-refractivity contribution >= 4 is 29.1 Å². The summed E-state index contributed by atoms with van der Waals surface area (Å²) >= 11 is 11.2. The average molecular weight is 184 g/mol. The summed E-state index contributed by atoms with van der Waals surface area (Å²) in [7, 11) is 0. The van der Waals surface area contributed by atoms with Crippen molar-refractivity contribution in [2.45, 2.75) is 17.2 Å². The van der Waals surface area contributed by atoms with E-state index in [0.717, 1.165) is 0 Å². The van der Waals surface area contributed by atoms with Crippen molar-refractivity contribution < 1.29 is 10.0 Å². The molecule has 0 spiro atoms. The van der Waals surface area contributed by atoms with Gasteiger partial charge >= 0.3 is 0 Å². The SMILES string of the molecule is O=C(CC1CC1(Cl)Cl)NO. The summed E-state index contributed by atoms with van der Waals surface area (Å²) in [6.45, 7) is 0. The number of nitrogens with one attached hydrogen (secondary N) is 1. The van der Waals surface area contributed by atoms with Crippen LogP contribution in [-0.2, 0) is 4.79 Å². The van der Waals surface area contributed by atoms with Crippen LogP contribution < -0.4 is 5.48 Å². The Balaban J connectivity index is 2.24. The highest BCUT2D eigenvalue weighted by atomic mass is 35.5. The van der Waals surface area contributed by atoms with Crippen molar-refractivity contribution in [1.82, 2.24) is 5.48 Å². The molecule has 5 heteroatoms. The van der Waals surface area contributed by atoms with Crippen LogP contribution >= 0.6 is 23.2 Å². The predicted octanol–water partition coefficient (Wildman–Crippen LogP) is 1.08. The second-order valence-corrected chi connectivity index (χ2v) is 3.94. The maximum Gasteiger partial charge on any atom is 0.243 e. The normalized spacial score (nSPS) is 27.7. The summed E-state index contributed by atoms with van der Waals surface area (Å²) in [5.74, 6) is -0.434. The number of halogens is 2. The second-order valence-electron chi connectivity index (χ2n) is 2.40. The lowest BCUT2D eigenvalue weighted by molar-refractivity contribution is -0.129. The molecular formula is C5H7Cl2NO2. The molecule has 1 aliphatic carbocycles. The molecule has 10 heavy (non-hydrogen) atoms. The minimum atomic E-state index is -0.730. The van der Waals surface area contributed by atoms with Crippen molar-refractivity contribution in [3.63, 3.8) is 0 Å². The van der Waals surface area contributed by atoms with Crippen molar-refractivity contribution in [2.75, 3.05) is 0 Å². The molecule has 0 heterocycles. The lowest BCUT2D eigenvalue weighted by Crippen LogP contribution is -2.19. The number of hydroxylamine groups is 1. The zero-order valence-electron chi connectivity index (χ0n) is 5.10. The Kier molecular flexibility index (Phi) is 2.08. The Morgan fingerprint density at radius 2 is 2.30 bits per heavy atom. The first-order valence-corrected chi connectivity index (χ1v) is 3.62. The van der Waals surface area contributed by atoms with Crippen LogP contribution in [0, 0.1) is 5.92 Å². The third-order valence-corrected chi connectivity index (χ3v) is 2.44. The van der Waals surface area contributed by atoms with Gasteiger partial charge in [-0.3, -0.25) is 10.0 Å². The van der Waals surface area contributed by atoms with Gasteiger partial charge in [0.2, 0.25) is 5.91 Å². The molecule has 1 unspecified atom stereocenters. The van der Waals surface area contributed by atoms with Crippen LogP contribution in [0.15, 0.2) is 0 Å². The van der Waals surface area contributed by atoms with Gasteiger partial charge in [0.05, 0.1) is 0 Å². The number of carbonyl (C=O) groups is 1. The van der Waals surface area contributed by atoms with Crippen molar-refractivity contribution in [3.05, 3.63) is 0 Å². The number of hydrogen-bond donors (Lipinski definition) is 2. The van der Waals surface area contributed by atoms with E-state index in [4.69, 9.17) is 28.4 Å². The standard InChI is InChI=1S/C5H7Cl2NO2/c6-5(7)2-3(5)1-4(9)8-10/h3,10H,1-2H2,(H,8,9). The first-order chi connectivity index (χ1) is 4.56. The van der Waals surface area contributed by atoms with Crippen LogP contribution in [0.3, 0.4) is 0 Å². The van der Waals surface area contributed by atoms with Crippen LogP contribution in [0.4, 0.5) is 0 Å². The van der Waals surface area contributed by atoms with E-state index in [0.29, 0.717) is 6.42 Å². The monoisotopic (exact) mass is 183 g/mol. The fourth-order valence-electron chi connectivity index (χ4n) is 0.761. The highest BCUT2D eigenvalue weighted by Crippen LogP contribution is 2.54. The van der Waals surface area contributed by atoms with Crippen LogP contribution in [0.1, 0.15) is 12.8 Å². The van der Waals surface area contributed by atoms with E-state index in [-0.39, 0.29) is 12.3 Å². The molecule has 1 saturated carbocycles. The molecule has 1 atom stereocenters. The number of hydrogen-bond acceptors (Lipinski definition) is 2. The molecular weight excluding hydrogens is 177 g/mol. The van der Waals surface area contributed by atoms with E-state index in [9.17, 15) is 4.79 Å². The Morgan fingerprint density at radius 1 is 1.80 bits per heavy atom. The number of rotatable bonds is 2. The molecule has 0 saturated heterocycles. The first kappa shape index (κ1) is 8.11. The Morgan fingerprint density at radius 3 is 2.60 bits per heavy atom. The summed E-state index contributed by atoms with van der Waals surface area (Å²) in [4.78, 5) is 10.5. The van der Waals surface area contributed by atoms with Gasteiger partial charge < -0.3 is 0 Å². The van der Waals surface area contributed by atoms with Crippen LogP contribution in [-0.4, -0.2) is 15.4 Å². The zero-order valence-corrected chi connectivity index (χ0v) is 6.61. The van der Waals surface area contributed by atoms with Crippen molar-refractivity contribution in [1.29, 1.82) is 0 Å². The second kappa shape index (κ2) is 2.57. The smallest absolute Gasteiger partial charge is 0.243 e. The molecule has 1 amide bonds. The third-order valence-electron chi connectivity index (χ3n) is 1.51. The molecule has 1 aliphatic rings. The summed E-state index contributed by atoms with van der Waals surface area (Å²) in [6, 6.07) is 0. The van der Waals surface area contributed by atoms with Crippen molar-refractivity contribution in [3.8, 4) is 0 Å². The number of alkyl halides is 2. The molecule has 58 valence electrons. The van der Waals surface area contributed by atoms with Gasteiger partial charge in [-0.2, -0.15) is 0 Å². The molecule has 0 aromatic rings. The lowest BCUT2D eigenvalue weighted by Gasteiger charge is -1.96. The molecule has 0 bridgehead atoms. The highest BCUT2D eigenvalue weighted by Gasteiger charge is 2.52. The molecule has 3 nitrogen and oxygen atoms in total. The van der Waals surface area contributed by atoms with E-state index in [1.54, 1.807) is 0 Å². The molecule has 2 N–H and O–H groups in total. The molecule has 1 fully saturated rings. The first-order valence-electron chi connectivity index (χ1n) is 2.87. The minimum absolute atomic E-state index is 0.00276. The van der Waals surface area contributed by atoms with Gasteiger partial charge in [-0.1, -0.05) is 0 Å². The quantitative estimate of drug-likeness (QED) is 0.383. The van der Waals surface area contributed by atoms with Gasteiger partial charge in [0.15, 0.2) is 0 Å². The van der Waals surface area contributed by atoms with E-state index in [1.807, 2.05) is 0 Å². The molecule has 1 rings (SSSR count). The number of carbonyl (C=O) groups excluding carboxylic acids is 1. The van der Waals surface area contributed by atoms with E-state index >= 15 is 0 Å². The third kappa shape index (κ3) is 1.75. The van der Waals surface area contributed by atoms with Crippen LogP contribution in [0.5, 0.6) is 0 Å². The average Bonchev–Trinajstić information content (AvgIpc) is 2.40. The van der Waals surface area contributed by atoms with Crippen LogP contribution in [0.25, 0.3) is 0 Å². The minimum Gasteiger partial charge on any atom is -0.289 e. The Bertz CT molecular complexity index is 160. The van der Waals surface area contributed by atoms with Crippen molar-refractivity contribution in [2.24, 2.45) is 5.92 Å². The fourth-order valence-corrected chi connectivity index (χ4v) is 1.29. The van der Waals surface area contributed by atoms with Gasteiger partial charge in [0.1, 0.15) is 4.33 Å². The highest BCUT2D eigenvalue weighted by molar-refractivity contribution is 6.51. The largest absolute Gasteiger partial charge is 0.289 e. The number of amides is 1. The molecule has 0 aromatic carbocycles. The molecule has 0 aromatic heterocycles. The Hall–Kier alpha value is 0.01000. The van der Waals surface area contributed by atoms with Gasteiger partial charge in [0, 0.05) is 12.3 Å². The Labute approximate surface area is 68.3 Å². The maximum absolute atomic E-state index is 10.5. The zero-order chi connectivity index (χ0) is 7.78. The van der Waals surface area contributed by atoms with E-state index < -0.39 is 10.2 Å². The van der Waals surface area contributed by atoms with Gasteiger partial charge in [-0.15, -0.1) is 23.2 Å². The fraction of sp³-hybridized carbons (Fsp3) is 0.800. The predicted molar refractivity (Wildman–Crippen MR) is 37.1 cm³/mol. The van der Waals surface area contributed by atoms with Gasteiger partial charge in [0.25, 0.3) is 0 Å². The molecule has 0 radical (unpaired) electrons. The summed E-state index contributed by atoms with van der Waals surface area (Å²) in [5.41, 5.74) is 1.52. The van der Waals surface area contributed by atoms with E-state index in [2.05, 4.69) is 0 Å². The van der Waals surface area contributed by atoms with E-state index in [1.165, 1.54) is 5.48 Å². The maximum atomic E-state index is 10.5. The summed E-state index contributed by atoms with van der Waals surface area (Å²) < 4.78 is -0.730. The summed E-state index contributed by atoms with van der Waals surface area (Å²) in [5, 5.41) is 8.10. The van der Waals surface area contributed by atoms with Crippen LogP contribution in [0.2, 0.25) is 0 Å². The van der Waals surface area contributed by atoms with Gasteiger partial charge in [-0.25, -0.2) is 5.48 Å². The lowest BCUT2D eigenvalue weighted by atomic mass is 10.3.